The normalized spacial score (nSPS) is 14.3. The number of hydrogen-bond donors (Lipinski definition) is 2. The standard InChI is InChI=1S/C15H13BrO2/c1-10-8-15(18)12(9-13(10)16)14(17)7-6-11-4-2-3-5-11/h2-9,17-18H,1H3. The molecule has 3 heteroatoms. The van der Waals surface area contributed by atoms with Crippen LogP contribution in [-0.4, -0.2) is 10.2 Å². The lowest BCUT2D eigenvalue weighted by Crippen LogP contribution is -1.87. The quantitative estimate of drug-likeness (QED) is 0.794. The van der Waals surface area contributed by atoms with Crippen LogP contribution in [0.15, 0.2) is 58.6 Å². The maximum atomic E-state index is 9.96. The van der Waals surface area contributed by atoms with Gasteiger partial charge < -0.3 is 10.2 Å². The van der Waals surface area contributed by atoms with Crippen LogP contribution in [0.4, 0.5) is 0 Å². The third kappa shape index (κ3) is 2.74. The number of allylic oxidation sites excluding steroid dienone is 7. The van der Waals surface area contributed by atoms with Crippen molar-refractivity contribution in [3.63, 3.8) is 0 Å². The first kappa shape index (κ1) is 12.7. The Morgan fingerprint density at radius 1 is 1.22 bits per heavy atom. The summed E-state index contributed by atoms with van der Waals surface area (Å²) in [6.07, 6.45) is 11.1. The number of aliphatic hydroxyl groups is 1. The molecule has 0 unspecified atom stereocenters. The number of aromatic hydroxyl groups is 1. The molecule has 0 heterocycles. The molecule has 92 valence electrons. The Balaban J connectivity index is 2.34. The summed E-state index contributed by atoms with van der Waals surface area (Å²) >= 11 is 3.38. The van der Waals surface area contributed by atoms with Crippen LogP contribution in [-0.2, 0) is 0 Å². The fraction of sp³-hybridized carbons (Fsp3) is 0.0667. The van der Waals surface area contributed by atoms with Gasteiger partial charge in [0.25, 0.3) is 0 Å². The maximum Gasteiger partial charge on any atom is 0.126 e. The Labute approximate surface area is 114 Å². The van der Waals surface area contributed by atoms with Crippen LogP contribution in [0.2, 0.25) is 0 Å². The van der Waals surface area contributed by atoms with Gasteiger partial charge in [-0.05, 0) is 36.3 Å². The lowest BCUT2D eigenvalue weighted by Gasteiger charge is -2.06. The summed E-state index contributed by atoms with van der Waals surface area (Å²) in [5.74, 6) is 0.106. The van der Waals surface area contributed by atoms with Gasteiger partial charge in [0, 0.05) is 4.47 Å². The van der Waals surface area contributed by atoms with Crippen molar-refractivity contribution in [1.82, 2.24) is 0 Å². The highest BCUT2D eigenvalue weighted by molar-refractivity contribution is 9.10. The number of halogens is 1. The molecule has 2 N–H and O–H groups in total. The van der Waals surface area contributed by atoms with Crippen LogP contribution in [0, 0.1) is 6.92 Å². The topological polar surface area (TPSA) is 40.5 Å². The summed E-state index contributed by atoms with van der Waals surface area (Å²) in [6, 6.07) is 3.32. The molecule has 2 nitrogen and oxygen atoms in total. The van der Waals surface area contributed by atoms with Crippen LogP contribution in [0.1, 0.15) is 11.1 Å². The van der Waals surface area contributed by atoms with E-state index in [-0.39, 0.29) is 11.5 Å². The van der Waals surface area contributed by atoms with Gasteiger partial charge >= 0.3 is 0 Å². The van der Waals surface area contributed by atoms with Crippen molar-refractivity contribution >= 4 is 21.7 Å². The van der Waals surface area contributed by atoms with Gasteiger partial charge in [0.2, 0.25) is 0 Å². The van der Waals surface area contributed by atoms with Crippen LogP contribution < -0.4 is 0 Å². The van der Waals surface area contributed by atoms with E-state index in [0.717, 1.165) is 15.6 Å². The van der Waals surface area contributed by atoms with Gasteiger partial charge in [0.15, 0.2) is 0 Å². The van der Waals surface area contributed by atoms with Crippen LogP contribution in [0.3, 0.4) is 0 Å². The molecule has 0 amide bonds. The van der Waals surface area contributed by atoms with E-state index in [0.29, 0.717) is 5.56 Å². The molecular formula is C15H13BrO2. The summed E-state index contributed by atoms with van der Waals surface area (Å²) in [6.45, 7) is 1.88. The Morgan fingerprint density at radius 3 is 2.56 bits per heavy atom. The molecule has 0 aliphatic heterocycles. The van der Waals surface area contributed by atoms with Crippen molar-refractivity contribution in [2.45, 2.75) is 6.92 Å². The smallest absolute Gasteiger partial charge is 0.126 e. The number of aliphatic hydroxyl groups excluding tert-OH is 1. The second-order valence-electron chi connectivity index (χ2n) is 4.06. The molecule has 0 spiro atoms. The van der Waals surface area contributed by atoms with Crippen molar-refractivity contribution in [3.05, 3.63) is 69.8 Å². The summed E-state index contributed by atoms with van der Waals surface area (Å²) in [4.78, 5) is 0. The molecule has 2 rings (SSSR count). The van der Waals surface area contributed by atoms with E-state index in [9.17, 15) is 10.2 Å². The number of phenolic OH excluding ortho intramolecular Hbond substituents is 1. The summed E-state index contributed by atoms with van der Waals surface area (Å²) in [5.41, 5.74) is 2.34. The highest BCUT2D eigenvalue weighted by Crippen LogP contribution is 2.30. The first-order chi connectivity index (χ1) is 8.58. The lowest BCUT2D eigenvalue weighted by molar-refractivity contribution is 0.460. The lowest BCUT2D eigenvalue weighted by atomic mass is 10.1. The first-order valence-corrected chi connectivity index (χ1v) is 6.32. The van der Waals surface area contributed by atoms with E-state index in [1.54, 1.807) is 24.3 Å². The maximum absolute atomic E-state index is 9.96. The second-order valence-corrected chi connectivity index (χ2v) is 4.91. The van der Waals surface area contributed by atoms with Gasteiger partial charge in [-0.15, -0.1) is 0 Å². The van der Waals surface area contributed by atoms with Crippen molar-refractivity contribution in [1.29, 1.82) is 0 Å². The second kappa shape index (κ2) is 5.27. The molecular weight excluding hydrogens is 292 g/mol. The highest BCUT2D eigenvalue weighted by atomic mass is 79.9. The Kier molecular flexibility index (Phi) is 3.72. The van der Waals surface area contributed by atoms with E-state index in [1.165, 1.54) is 0 Å². The van der Waals surface area contributed by atoms with Gasteiger partial charge in [-0.1, -0.05) is 46.3 Å². The number of phenols is 1. The average Bonchev–Trinajstić information content (AvgIpc) is 2.84. The molecule has 0 atom stereocenters. The van der Waals surface area contributed by atoms with Gasteiger partial charge in [0.1, 0.15) is 11.5 Å². The third-order valence-corrected chi connectivity index (χ3v) is 3.53. The SMILES string of the molecule is Cc1cc(O)c(C(O)=CC=C2C=CC=C2)cc1Br. The largest absolute Gasteiger partial charge is 0.507 e. The molecule has 0 bridgehead atoms. The van der Waals surface area contributed by atoms with Gasteiger partial charge in [0.05, 0.1) is 5.56 Å². The van der Waals surface area contributed by atoms with E-state index in [1.807, 2.05) is 31.2 Å². The van der Waals surface area contributed by atoms with Gasteiger partial charge in [-0.3, -0.25) is 0 Å². The minimum atomic E-state index is 0.0365. The Hall–Kier alpha value is -1.74. The highest BCUT2D eigenvalue weighted by Gasteiger charge is 2.08. The molecule has 0 radical (unpaired) electrons. The van der Waals surface area contributed by atoms with E-state index >= 15 is 0 Å². The number of aryl methyl sites for hydroxylation is 1. The van der Waals surface area contributed by atoms with Gasteiger partial charge in [-0.2, -0.15) is 0 Å². The molecule has 1 aliphatic rings. The van der Waals surface area contributed by atoms with Crippen LogP contribution >= 0.6 is 15.9 Å². The van der Waals surface area contributed by atoms with E-state index in [2.05, 4.69) is 15.9 Å². The third-order valence-electron chi connectivity index (χ3n) is 2.68. The van der Waals surface area contributed by atoms with Crippen LogP contribution in [0.5, 0.6) is 5.75 Å². The first-order valence-electron chi connectivity index (χ1n) is 5.53. The van der Waals surface area contributed by atoms with Gasteiger partial charge in [-0.25, -0.2) is 0 Å². The van der Waals surface area contributed by atoms with Crippen molar-refractivity contribution in [2.75, 3.05) is 0 Å². The molecule has 1 aliphatic carbocycles. The molecule has 1 aromatic carbocycles. The zero-order valence-electron chi connectivity index (χ0n) is 9.89. The molecule has 18 heavy (non-hydrogen) atoms. The molecule has 0 saturated heterocycles. The zero-order chi connectivity index (χ0) is 13.1. The monoisotopic (exact) mass is 304 g/mol. The molecule has 1 aromatic rings. The van der Waals surface area contributed by atoms with E-state index < -0.39 is 0 Å². The minimum absolute atomic E-state index is 0.0365. The summed E-state index contributed by atoms with van der Waals surface area (Å²) in [7, 11) is 0. The molecule has 0 fully saturated rings. The number of hydrogen-bond acceptors (Lipinski definition) is 2. The average molecular weight is 305 g/mol. The minimum Gasteiger partial charge on any atom is -0.507 e. The fourth-order valence-corrected chi connectivity index (χ4v) is 1.98. The van der Waals surface area contributed by atoms with Crippen LogP contribution in [0.25, 0.3) is 5.76 Å². The molecule has 0 saturated carbocycles. The zero-order valence-corrected chi connectivity index (χ0v) is 11.5. The number of benzene rings is 1. The Morgan fingerprint density at radius 2 is 1.89 bits per heavy atom. The Bertz CT molecular complexity index is 579. The predicted molar refractivity (Wildman–Crippen MR) is 77.5 cm³/mol. The summed E-state index contributed by atoms with van der Waals surface area (Å²) < 4.78 is 0.851. The predicted octanol–water partition coefficient (Wildman–Crippen LogP) is 4.41. The number of rotatable bonds is 2. The van der Waals surface area contributed by atoms with Crippen molar-refractivity contribution < 1.29 is 10.2 Å². The summed E-state index contributed by atoms with van der Waals surface area (Å²) in [5, 5.41) is 19.8. The molecule has 0 aromatic heterocycles. The van der Waals surface area contributed by atoms with Crippen molar-refractivity contribution in [2.24, 2.45) is 0 Å². The van der Waals surface area contributed by atoms with Crippen molar-refractivity contribution in [3.8, 4) is 5.75 Å². The van der Waals surface area contributed by atoms with E-state index in [4.69, 9.17) is 0 Å². The fourth-order valence-electron chi connectivity index (χ4n) is 1.64.